The fraction of sp³-hybridized carbons (Fsp3) is 0.625. The molecule has 4 nitrogen and oxygen atoms in total. The van der Waals surface area contributed by atoms with Crippen molar-refractivity contribution in [1.29, 1.82) is 0 Å². The molecular formula is C16H25NO3. The predicted molar refractivity (Wildman–Crippen MR) is 79.2 cm³/mol. The second-order valence-corrected chi connectivity index (χ2v) is 4.17. The zero-order valence-electron chi connectivity index (χ0n) is 12.9. The summed E-state index contributed by atoms with van der Waals surface area (Å²) < 4.78 is 16.4. The van der Waals surface area contributed by atoms with Gasteiger partial charge in [-0.25, -0.2) is 0 Å². The van der Waals surface area contributed by atoms with Crippen LogP contribution in [0.5, 0.6) is 0 Å². The van der Waals surface area contributed by atoms with Crippen LogP contribution in [0.3, 0.4) is 0 Å². The van der Waals surface area contributed by atoms with Crippen molar-refractivity contribution in [2.24, 2.45) is 0 Å². The van der Waals surface area contributed by atoms with Crippen LogP contribution in [0.15, 0.2) is 22.8 Å². The Kier molecular flexibility index (Phi) is 8.05. The lowest BCUT2D eigenvalue weighted by atomic mass is 10.2. The summed E-state index contributed by atoms with van der Waals surface area (Å²) in [4.78, 5) is 2.24. The molecule has 0 N–H and O–H groups in total. The normalized spacial score (nSPS) is 12.5. The van der Waals surface area contributed by atoms with Crippen LogP contribution in [-0.2, 0) is 9.47 Å². The van der Waals surface area contributed by atoms with E-state index in [-0.39, 0.29) is 6.04 Å². The Labute approximate surface area is 122 Å². The van der Waals surface area contributed by atoms with Crippen molar-refractivity contribution in [3.05, 3.63) is 24.2 Å². The molecule has 0 bridgehead atoms. The average molecular weight is 279 g/mol. The number of rotatable bonds is 8. The van der Waals surface area contributed by atoms with E-state index in [2.05, 4.69) is 30.6 Å². The van der Waals surface area contributed by atoms with Crippen molar-refractivity contribution in [2.45, 2.75) is 40.0 Å². The van der Waals surface area contributed by atoms with Gasteiger partial charge in [0, 0.05) is 13.2 Å². The third-order valence-corrected chi connectivity index (χ3v) is 2.96. The number of furan rings is 1. The first-order chi connectivity index (χ1) is 9.76. The van der Waals surface area contributed by atoms with Gasteiger partial charge >= 0.3 is 0 Å². The van der Waals surface area contributed by atoms with Crippen molar-refractivity contribution in [1.82, 2.24) is 4.90 Å². The van der Waals surface area contributed by atoms with E-state index in [1.165, 1.54) is 0 Å². The molecule has 0 aromatic carbocycles. The highest BCUT2D eigenvalue weighted by molar-refractivity contribution is 5.20. The van der Waals surface area contributed by atoms with E-state index in [1.54, 1.807) is 6.26 Å². The minimum Gasteiger partial charge on any atom is -0.467 e. The van der Waals surface area contributed by atoms with Crippen LogP contribution < -0.4 is 0 Å². The second-order valence-electron chi connectivity index (χ2n) is 4.17. The summed E-state index contributed by atoms with van der Waals surface area (Å²) in [5.74, 6) is 7.14. The van der Waals surface area contributed by atoms with Gasteiger partial charge in [-0.2, -0.15) is 0 Å². The van der Waals surface area contributed by atoms with E-state index in [0.717, 1.165) is 18.8 Å². The second kappa shape index (κ2) is 9.60. The van der Waals surface area contributed by atoms with E-state index in [4.69, 9.17) is 13.9 Å². The molecule has 0 radical (unpaired) electrons. The largest absolute Gasteiger partial charge is 0.467 e. The first-order valence-electron chi connectivity index (χ1n) is 7.28. The van der Waals surface area contributed by atoms with Crippen LogP contribution in [-0.4, -0.2) is 37.5 Å². The topological polar surface area (TPSA) is 34.8 Å². The van der Waals surface area contributed by atoms with Crippen LogP contribution in [0.4, 0.5) is 0 Å². The molecule has 112 valence electrons. The third kappa shape index (κ3) is 5.01. The number of ether oxygens (including phenoxy) is 2. The van der Waals surface area contributed by atoms with Gasteiger partial charge in [0.1, 0.15) is 11.8 Å². The first kappa shape index (κ1) is 16.8. The Bertz CT molecular complexity index is 395. The molecule has 4 heteroatoms. The zero-order chi connectivity index (χ0) is 14.8. The number of hydrogen-bond donors (Lipinski definition) is 0. The van der Waals surface area contributed by atoms with Gasteiger partial charge in [0.05, 0.1) is 6.26 Å². The van der Waals surface area contributed by atoms with Crippen LogP contribution >= 0.6 is 0 Å². The van der Waals surface area contributed by atoms with E-state index in [0.29, 0.717) is 13.2 Å². The van der Waals surface area contributed by atoms with Crippen molar-refractivity contribution in [3.63, 3.8) is 0 Å². The maximum absolute atomic E-state index is 5.51. The standard InChI is InChI=1S/C16H25NO3/c1-5-17(6-2)14(15-10-9-13-20-15)11-12-16(18-7-3)19-8-4/h9-10,13-14,16H,5-8H2,1-4H3. The lowest BCUT2D eigenvalue weighted by Gasteiger charge is -2.23. The molecule has 0 spiro atoms. The Balaban J connectivity index is 2.89. The molecule has 0 saturated heterocycles. The van der Waals surface area contributed by atoms with Crippen molar-refractivity contribution < 1.29 is 13.9 Å². The molecule has 0 aliphatic carbocycles. The van der Waals surface area contributed by atoms with Gasteiger partial charge in [-0.15, -0.1) is 0 Å². The highest BCUT2D eigenvalue weighted by Crippen LogP contribution is 2.20. The molecule has 1 aromatic rings. The predicted octanol–water partition coefficient (Wildman–Crippen LogP) is 3.07. The van der Waals surface area contributed by atoms with Crippen LogP contribution in [0.25, 0.3) is 0 Å². The fourth-order valence-electron chi connectivity index (χ4n) is 1.96. The molecular weight excluding hydrogens is 254 g/mol. The Hall–Kier alpha value is -1.28. The highest BCUT2D eigenvalue weighted by atomic mass is 16.7. The molecule has 0 saturated carbocycles. The maximum Gasteiger partial charge on any atom is 0.222 e. The lowest BCUT2D eigenvalue weighted by Crippen LogP contribution is -2.27. The molecule has 1 aromatic heterocycles. The van der Waals surface area contributed by atoms with Crippen LogP contribution in [0.2, 0.25) is 0 Å². The monoisotopic (exact) mass is 279 g/mol. The molecule has 0 fully saturated rings. The minimum atomic E-state index is -0.474. The smallest absolute Gasteiger partial charge is 0.222 e. The fourth-order valence-corrected chi connectivity index (χ4v) is 1.96. The Morgan fingerprint density at radius 1 is 1.10 bits per heavy atom. The lowest BCUT2D eigenvalue weighted by molar-refractivity contribution is -0.0971. The summed E-state index contributed by atoms with van der Waals surface area (Å²) in [5, 5.41) is 0. The van der Waals surface area contributed by atoms with E-state index >= 15 is 0 Å². The van der Waals surface area contributed by atoms with Crippen molar-refractivity contribution >= 4 is 0 Å². The molecule has 0 amide bonds. The number of hydrogen-bond acceptors (Lipinski definition) is 4. The first-order valence-corrected chi connectivity index (χ1v) is 7.28. The average Bonchev–Trinajstić information content (AvgIpc) is 2.97. The summed E-state index contributed by atoms with van der Waals surface area (Å²) in [5.41, 5.74) is 0. The molecule has 1 unspecified atom stereocenters. The van der Waals surface area contributed by atoms with Gasteiger partial charge in [-0.05, 0) is 45.0 Å². The Morgan fingerprint density at radius 3 is 2.20 bits per heavy atom. The molecule has 0 aliphatic rings. The number of nitrogens with zero attached hydrogens (tertiary/aromatic N) is 1. The summed E-state index contributed by atoms with van der Waals surface area (Å²) in [6, 6.07) is 3.77. The summed E-state index contributed by atoms with van der Waals surface area (Å²) >= 11 is 0. The van der Waals surface area contributed by atoms with Crippen molar-refractivity contribution in [2.75, 3.05) is 26.3 Å². The Morgan fingerprint density at radius 2 is 1.75 bits per heavy atom. The van der Waals surface area contributed by atoms with Gasteiger partial charge in [0.2, 0.25) is 6.29 Å². The van der Waals surface area contributed by atoms with E-state index in [1.807, 2.05) is 26.0 Å². The van der Waals surface area contributed by atoms with E-state index < -0.39 is 6.29 Å². The van der Waals surface area contributed by atoms with Gasteiger partial charge < -0.3 is 13.9 Å². The summed E-state index contributed by atoms with van der Waals surface area (Å²) in [6.45, 7) is 11.1. The molecule has 1 atom stereocenters. The van der Waals surface area contributed by atoms with Crippen LogP contribution in [0, 0.1) is 11.8 Å². The summed E-state index contributed by atoms with van der Waals surface area (Å²) in [6.07, 6.45) is 1.20. The molecule has 20 heavy (non-hydrogen) atoms. The third-order valence-electron chi connectivity index (χ3n) is 2.96. The minimum absolute atomic E-state index is 0.0663. The van der Waals surface area contributed by atoms with Gasteiger partial charge in [-0.1, -0.05) is 19.8 Å². The van der Waals surface area contributed by atoms with Crippen molar-refractivity contribution in [3.8, 4) is 11.8 Å². The summed E-state index contributed by atoms with van der Waals surface area (Å²) in [7, 11) is 0. The quantitative estimate of drug-likeness (QED) is 0.541. The molecule has 1 rings (SSSR count). The van der Waals surface area contributed by atoms with Gasteiger partial charge in [-0.3, -0.25) is 4.90 Å². The molecule has 1 heterocycles. The zero-order valence-corrected chi connectivity index (χ0v) is 12.9. The maximum atomic E-state index is 5.51. The van der Waals surface area contributed by atoms with Gasteiger partial charge in [0.25, 0.3) is 0 Å². The van der Waals surface area contributed by atoms with Crippen LogP contribution in [0.1, 0.15) is 39.5 Å². The highest BCUT2D eigenvalue weighted by Gasteiger charge is 2.18. The van der Waals surface area contributed by atoms with E-state index in [9.17, 15) is 0 Å². The van der Waals surface area contributed by atoms with Gasteiger partial charge in [0.15, 0.2) is 0 Å². The molecule has 0 aliphatic heterocycles. The SMILES string of the molecule is CCOC(C#CC(c1ccco1)N(CC)CC)OCC.